The molecule has 0 aliphatic heterocycles. The van der Waals surface area contributed by atoms with E-state index in [1.165, 1.54) is 0 Å². The molecule has 0 N–H and O–H groups in total. The van der Waals surface area contributed by atoms with Gasteiger partial charge in [-0.3, -0.25) is 0 Å². The van der Waals surface area contributed by atoms with E-state index in [1.54, 1.807) is 0 Å². The van der Waals surface area contributed by atoms with Crippen molar-refractivity contribution in [1.29, 1.82) is 0 Å². The van der Waals surface area contributed by atoms with Gasteiger partial charge < -0.3 is 4.52 Å². The molecule has 7 heteroatoms. The van der Waals surface area contributed by atoms with Gasteiger partial charge in [-0.25, -0.2) is 0 Å². The molecule has 3 nitrogen and oxygen atoms in total. The highest BCUT2D eigenvalue weighted by atomic mass is 19.4. The van der Waals surface area contributed by atoms with Crippen molar-refractivity contribution in [3.8, 4) is 0 Å². The number of rotatable bonds is 1. The minimum atomic E-state index is -4.58. The van der Waals surface area contributed by atoms with E-state index in [2.05, 4.69) is 14.7 Å². The molecule has 58 valence electrons. The van der Waals surface area contributed by atoms with Crippen LogP contribution in [0.1, 0.15) is 11.7 Å². The molecule has 0 atom stereocenters. The number of alkyl halides is 3. The molecule has 1 rings (SSSR count). The Bertz CT molecular complexity index is 246. The van der Waals surface area contributed by atoms with Crippen LogP contribution in [0.5, 0.6) is 0 Å². The van der Waals surface area contributed by atoms with Crippen molar-refractivity contribution in [2.75, 3.05) is 0 Å². The number of hydrogen-bond donors (Lipinski definition) is 0. The lowest BCUT2D eigenvalue weighted by atomic mass is 10.1. The predicted octanol–water partition coefficient (Wildman–Crippen LogP) is 0.757. The van der Waals surface area contributed by atoms with E-state index >= 15 is 0 Å². The molecule has 0 aliphatic carbocycles. The van der Waals surface area contributed by atoms with Crippen LogP contribution in [0.15, 0.2) is 4.52 Å². The van der Waals surface area contributed by atoms with Crippen LogP contribution in [0.4, 0.5) is 13.2 Å². The molecule has 0 fully saturated rings. The minimum Gasteiger partial charge on any atom is -0.329 e. The Morgan fingerprint density at radius 3 is 2.36 bits per heavy atom. The second-order valence-corrected chi connectivity index (χ2v) is 1.72. The lowest BCUT2D eigenvalue weighted by molar-refractivity contribution is -0.159. The van der Waals surface area contributed by atoms with Crippen molar-refractivity contribution in [2.24, 2.45) is 0 Å². The van der Waals surface area contributed by atoms with Crippen molar-refractivity contribution in [3.05, 3.63) is 11.7 Å². The summed E-state index contributed by atoms with van der Waals surface area (Å²) in [5.41, 5.74) is 0. The van der Waals surface area contributed by atoms with Gasteiger partial charge in [0, 0.05) is 0 Å². The quantitative estimate of drug-likeness (QED) is 0.572. The molecule has 0 spiro atoms. The summed E-state index contributed by atoms with van der Waals surface area (Å²) in [6.45, 7) is 0. The van der Waals surface area contributed by atoms with Gasteiger partial charge in [0.2, 0.25) is 0 Å². The topological polar surface area (TPSA) is 38.9 Å². The largest absolute Gasteiger partial charge is 0.471 e. The average Bonchev–Trinajstić information content (AvgIpc) is 2.32. The summed E-state index contributed by atoms with van der Waals surface area (Å²) < 4.78 is 39.0. The highest BCUT2D eigenvalue weighted by Gasteiger charge is 2.38. The van der Waals surface area contributed by atoms with Crippen LogP contribution in [-0.4, -0.2) is 18.0 Å². The Morgan fingerprint density at radius 1 is 1.45 bits per heavy atom. The summed E-state index contributed by atoms with van der Waals surface area (Å²) >= 11 is 0. The molecule has 0 saturated carbocycles. The molecule has 0 aromatic carbocycles. The summed E-state index contributed by atoms with van der Waals surface area (Å²) in [5.74, 6) is -1.52. The highest BCUT2D eigenvalue weighted by Crippen LogP contribution is 2.27. The third-order valence-electron chi connectivity index (χ3n) is 0.893. The molecular formula is C4H2BF3N2O. The lowest BCUT2D eigenvalue weighted by Crippen LogP contribution is -2.05. The highest BCUT2D eigenvalue weighted by molar-refractivity contribution is 6.07. The third-order valence-corrected chi connectivity index (χ3v) is 0.893. The summed E-state index contributed by atoms with van der Waals surface area (Å²) in [6, 6.07) is 0. The van der Waals surface area contributed by atoms with Gasteiger partial charge in [0.25, 0.3) is 0 Å². The number of aromatic nitrogens is 2. The second-order valence-electron chi connectivity index (χ2n) is 1.72. The van der Waals surface area contributed by atoms with Gasteiger partial charge in [0.05, 0.1) is 7.85 Å². The standard InChI is InChI=1S/C4H2BF3N2O/c5-1-2-9-3(11-10-2)4(6,7)8/h1H2. The number of hydrogen-bond acceptors (Lipinski definition) is 3. The van der Waals surface area contributed by atoms with Gasteiger partial charge in [0.15, 0.2) is 5.82 Å². The van der Waals surface area contributed by atoms with Crippen LogP contribution in [-0.2, 0) is 12.5 Å². The SMILES string of the molecule is [B]Cc1noc(C(F)(F)F)n1. The van der Waals surface area contributed by atoms with Crippen LogP contribution in [0.25, 0.3) is 0 Å². The first-order valence-corrected chi connectivity index (χ1v) is 2.64. The maximum Gasteiger partial charge on any atom is 0.471 e. The van der Waals surface area contributed by atoms with Gasteiger partial charge >= 0.3 is 12.1 Å². The van der Waals surface area contributed by atoms with Gasteiger partial charge in [-0.15, -0.1) is 0 Å². The van der Waals surface area contributed by atoms with Gasteiger partial charge in [-0.05, 0) is 6.32 Å². The van der Waals surface area contributed by atoms with Crippen LogP contribution in [0.3, 0.4) is 0 Å². The van der Waals surface area contributed by atoms with Crippen molar-refractivity contribution in [3.63, 3.8) is 0 Å². The summed E-state index contributed by atoms with van der Waals surface area (Å²) in [7, 11) is 4.95. The Morgan fingerprint density at radius 2 is 2.09 bits per heavy atom. The van der Waals surface area contributed by atoms with E-state index in [1.807, 2.05) is 0 Å². The molecule has 0 amide bonds. The van der Waals surface area contributed by atoms with E-state index in [9.17, 15) is 13.2 Å². The van der Waals surface area contributed by atoms with E-state index < -0.39 is 12.1 Å². The zero-order valence-electron chi connectivity index (χ0n) is 5.22. The van der Waals surface area contributed by atoms with Crippen LogP contribution < -0.4 is 0 Å². The van der Waals surface area contributed by atoms with Gasteiger partial charge in [-0.1, -0.05) is 5.16 Å². The number of nitrogens with zero attached hydrogens (tertiary/aromatic N) is 2. The van der Waals surface area contributed by atoms with E-state index in [-0.39, 0.29) is 12.1 Å². The Hall–Kier alpha value is -1.01. The van der Waals surface area contributed by atoms with E-state index in [0.717, 1.165) is 0 Å². The first-order valence-electron chi connectivity index (χ1n) is 2.64. The zero-order chi connectivity index (χ0) is 8.48. The van der Waals surface area contributed by atoms with Crippen LogP contribution in [0.2, 0.25) is 0 Å². The average molecular weight is 162 g/mol. The fraction of sp³-hybridized carbons (Fsp3) is 0.500. The lowest BCUT2D eigenvalue weighted by Gasteiger charge is -1.95. The van der Waals surface area contributed by atoms with Crippen molar-refractivity contribution in [1.82, 2.24) is 10.1 Å². The van der Waals surface area contributed by atoms with E-state index in [0.29, 0.717) is 0 Å². The molecule has 1 aromatic rings. The fourth-order valence-corrected chi connectivity index (χ4v) is 0.452. The van der Waals surface area contributed by atoms with Crippen molar-refractivity contribution in [2.45, 2.75) is 12.5 Å². The predicted molar refractivity (Wildman–Crippen MR) is 28.8 cm³/mol. The number of halogens is 3. The molecular weight excluding hydrogens is 160 g/mol. The van der Waals surface area contributed by atoms with Gasteiger partial charge in [0.1, 0.15) is 0 Å². The Balaban J connectivity index is 2.89. The molecule has 1 heterocycles. The second kappa shape index (κ2) is 2.56. The van der Waals surface area contributed by atoms with Gasteiger partial charge in [-0.2, -0.15) is 18.2 Å². The molecule has 1 aromatic heterocycles. The Kier molecular flexibility index (Phi) is 1.88. The Labute approximate surface area is 61.0 Å². The van der Waals surface area contributed by atoms with Crippen molar-refractivity contribution >= 4 is 7.85 Å². The van der Waals surface area contributed by atoms with E-state index in [4.69, 9.17) is 7.85 Å². The summed E-state index contributed by atoms with van der Waals surface area (Å²) in [4.78, 5) is 2.97. The first kappa shape index (κ1) is 8.09. The molecule has 11 heavy (non-hydrogen) atoms. The fourth-order valence-electron chi connectivity index (χ4n) is 0.452. The molecule has 0 bridgehead atoms. The normalized spacial score (nSPS) is 11.9. The summed E-state index contributed by atoms with van der Waals surface area (Å²) in [5, 5.41) is 2.97. The molecule has 2 radical (unpaired) electrons. The first-order chi connectivity index (χ1) is 5.04. The van der Waals surface area contributed by atoms with Crippen molar-refractivity contribution < 1.29 is 17.7 Å². The third kappa shape index (κ3) is 1.72. The zero-order valence-corrected chi connectivity index (χ0v) is 5.22. The smallest absolute Gasteiger partial charge is 0.329 e. The maximum absolute atomic E-state index is 11.7. The minimum absolute atomic E-state index is 0.155. The molecule has 0 saturated heterocycles. The molecule has 0 aliphatic rings. The maximum atomic E-state index is 11.7. The molecule has 0 unspecified atom stereocenters. The monoisotopic (exact) mass is 162 g/mol. The summed E-state index contributed by atoms with van der Waals surface area (Å²) in [6.07, 6.45) is -4.75. The van der Waals surface area contributed by atoms with Crippen LogP contribution >= 0.6 is 0 Å². The van der Waals surface area contributed by atoms with Crippen LogP contribution in [0, 0.1) is 0 Å².